The fraction of sp³-hybridized carbons (Fsp3) is 0.500. The molecule has 0 atom stereocenters. The Labute approximate surface area is 109 Å². The second kappa shape index (κ2) is 8.66. The van der Waals surface area contributed by atoms with Crippen molar-refractivity contribution in [1.82, 2.24) is 4.90 Å². The lowest BCUT2D eigenvalue weighted by atomic mass is 10.1. The molecule has 0 fully saturated rings. The number of nitrogens with one attached hydrogen (secondary N) is 1. The van der Waals surface area contributed by atoms with Crippen LogP contribution in [0.5, 0.6) is 0 Å². The molecule has 0 radical (unpaired) electrons. The number of amidine groups is 1. The van der Waals surface area contributed by atoms with E-state index in [-0.39, 0.29) is 5.84 Å². The maximum absolute atomic E-state index is 7.28. The minimum Gasteiger partial charge on any atom is -0.388 e. The zero-order valence-electron chi connectivity index (χ0n) is 11.1. The van der Waals surface area contributed by atoms with Gasteiger partial charge in [-0.05, 0) is 12.0 Å². The Hall–Kier alpha value is -1.39. The van der Waals surface area contributed by atoms with Crippen LogP contribution in [0.1, 0.15) is 12.0 Å². The average molecular weight is 249 g/mol. The van der Waals surface area contributed by atoms with Crippen LogP contribution < -0.4 is 5.73 Å². The summed E-state index contributed by atoms with van der Waals surface area (Å²) in [6.07, 6.45) is 1.64. The molecule has 18 heavy (non-hydrogen) atoms. The molecule has 1 aromatic rings. The standard InChI is InChI=1S/C14H23N3O/c1-18-12-11-17(10-8-14(15)16)9-7-13-5-3-2-4-6-13/h2-6H,7-12H2,1H3,(H3,15,16). The number of nitrogens with two attached hydrogens (primary N) is 1. The minimum atomic E-state index is 0.247. The first-order chi connectivity index (χ1) is 8.72. The van der Waals surface area contributed by atoms with Gasteiger partial charge in [-0.3, -0.25) is 5.41 Å². The van der Waals surface area contributed by atoms with Crippen LogP contribution in [0.25, 0.3) is 0 Å². The van der Waals surface area contributed by atoms with Crippen LogP contribution in [0, 0.1) is 5.41 Å². The van der Waals surface area contributed by atoms with Gasteiger partial charge in [0, 0.05) is 33.2 Å². The Morgan fingerprint density at radius 3 is 2.56 bits per heavy atom. The molecule has 0 unspecified atom stereocenters. The van der Waals surface area contributed by atoms with Crippen molar-refractivity contribution in [3.05, 3.63) is 35.9 Å². The smallest absolute Gasteiger partial charge is 0.0918 e. The zero-order valence-corrected chi connectivity index (χ0v) is 11.1. The van der Waals surface area contributed by atoms with Gasteiger partial charge in [0.25, 0.3) is 0 Å². The number of nitrogens with zero attached hydrogens (tertiary/aromatic N) is 1. The summed E-state index contributed by atoms with van der Waals surface area (Å²) in [6, 6.07) is 10.4. The highest BCUT2D eigenvalue weighted by atomic mass is 16.5. The molecule has 0 bridgehead atoms. The van der Waals surface area contributed by atoms with E-state index in [0.29, 0.717) is 13.0 Å². The van der Waals surface area contributed by atoms with Gasteiger partial charge in [0.1, 0.15) is 0 Å². The normalized spacial score (nSPS) is 10.8. The second-order valence-corrected chi connectivity index (χ2v) is 4.35. The van der Waals surface area contributed by atoms with E-state index in [9.17, 15) is 0 Å². The van der Waals surface area contributed by atoms with Crippen LogP contribution in [-0.4, -0.2) is 44.1 Å². The van der Waals surface area contributed by atoms with Crippen LogP contribution >= 0.6 is 0 Å². The summed E-state index contributed by atoms with van der Waals surface area (Å²) in [5.41, 5.74) is 6.74. The van der Waals surface area contributed by atoms with Crippen LogP contribution in [0.2, 0.25) is 0 Å². The molecule has 0 saturated heterocycles. The number of hydrogen-bond donors (Lipinski definition) is 2. The molecule has 0 aliphatic heterocycles. The molecule has 1 rings (SSSR count). The predicted octanol–water partition coefficient (Wildman–Crippen LogP) is 1.50. The molecule has 0 heterocycles. The maximum Gasteiger partial charge on any atom is 0.0918 e. The lowest BCUT2D eigenvalue weighted by molar-refractivity contribution is 0.150. The second-order valence-electron chi connectivity index (χ2n) is 4.35. The molecule has 0 aliphatic carbocycles. The lowest BCUT2D eigenvalue weighted by Crippen LogP contribution is -2.32. The average Bonchev–Trinajstić information content (AvgIpc) is 2.39. The summed E-state index contributed by atoms with van der Waals surface area (Å²) in [5, 5.41) is 7.28. The topological polar surface area (TPSA) is 62.3 Å². The van der Waals surface area contributed by atoms with Crippen molar-refractivity contribution in [2.24, 2.45) is 5.73 Å². The van der Waals surface area contributed by atoms with E-state index in [0.717, 1.165) is 26.1 Å². The van der Waals surface area contributed by atoms with E-state index in [4.69, 9.17) is 15.9 Å². The molecule has 0 saturated carbocycles. The molecule has 100 valence electrons. The van der Waals surface area contributed by atoms with E-state index in [1.807, 2.05) is 6.07 Å². The number of benzene rings is 1. The Bertz CT molecular complexity index is 340. The van der Waals surface area contributed by atoms with Crippen molar-refractivity contribution in [3.63, 3.8) is 0 Å². The largest absolute Gasteiger partial charge is 0.388 e. The summed E-state index contributed by atoms with van der Waals surface area (Å²) in [4.78, 5) is 2.29. The summed E-state index contributed by atoms with van der Waals surface area (Å²) >= 11 is 0. The minimum absolute atomic E-state index is 0.247. The van der Waals surface area contributed by atoms with E-state index in [2.05, 4.69) is 29.2 Å². The number of hydrogen-bond acceptors (Lipinski definition) is 3. The molecular formula is C14H23N3O. The SMILES string of the molecule is COCCN(CCC(=N)N)CCc1ccccc1. The first kappa shape index (κ1) is 14.7. The van der Waals surface area contributed by atoms with Crippen molar-refractivity contribution < 1.29 is 4.74 Å². The van der Waals surface area contributed by atoms with Gasteiger partial charge >= 0.3 is 0 Å². The first-order valence-corrected chi connectivity index (χ1v) is 6.30. The molecule has 0 aliphatic rings. The van der Waals surface area contributed by atoms with Crippen LogP contribution in [0.3, 0.4) is 0 Å². The highest BCUT2D eigenvalue weighted by molar-refractivity contribution is 5.76. The molecule has 4 nitrogen and oxygen atoms in total. The van der Waals surface area contributed by atoms with E-state index < -0.39 is 0 Å². The van der Waals surface area contributed by atoms with Crippen LogP contribution in [0.15, 0.2) is 30.3 Å². The Kier molecular flexibility index (Phi) is 7.06. The number of rotatable bonds is 9. The van der Waals surface area contributed by atoms with Crippen molar-refractivity contribution in [3.8, 4) is 0 Å². The Morgan fingerprint density at radius 2 is 1.94 bits per heavy atom. The molecule has 4 heteroatoms. The number of methoxy groups -OCH3 is 1. The van der Waals surface area contributed by atoms with Gasteiger partial charge in [0.15, 0.2) is 0 Å². The fourth-order valence-corrected chi connectivity index (χ4v) is 1.77. The van der Waals surface area contributed by atoms with E-state index >= 15 is 0 Å². The zero-order chi connectivity index (χ0) is 13.2. The third kappa shape index (κ3) is 6.37. The third-order valence-electron chi connectivity index (χ3n) is 2.87. The van der Waals surface area contributed by atoms with Crippen molar-refractivity contribution in [2.75, 3.05) is 33.4 Å². The van der Waals surface area contributed by atoms with Gasteiger partial charge in [0.05, 0.1) is 12.4 Å². The van der Waals surface area contributed by atoms with Gasteiger partial charge in [0.2, 0.25) is 0 Å². The molecule has 0 amide bonds. The van der Waals surface area contributed by atoms with Crippen molar-refractivity contribution in [1.29, 1.82) is 5.41 Å². The van der Waals surface area contributed by atoms with Crippen molar-refractivity contribution in [2.45, 2.75) is 12.8 Å². The third-order valence-corrected chi connectivity index (χ3v) is 2.87. The Morgan fingerprint density at radius 1 is 1.22 bits per heavy atom. The van der Waals surface area contributed by atoms with Gasteiger partial charge < -0.3 is 15.4 Å². The van der Waals surface area contributed by atoms with E-state index in [1.54, 1.807) is 7.11 Å². The quantitative estimate of drug-likeness (QED) is 0.515. The van der Waals surface area contributed by atoms with Crippen LogP contribution in [-0.2, 0) is 11.2 Å². The first-order valence-electron chi connectivity index (χ1n) is 6.30. The molecule has 0 spiro atoms. The predicted molar refractivity (Wildman–Crippen MR) is 75.0 cm³/mol. The summed E-state index contributed by atoms with van der Waals surface area (Å²) in [7, 11) is 1.71. The lowest BCUT2D eigenvalue weighted by Gasteiger charge is -2.21. The Balaban J connectivity index is 2.37. The monoisotopic (exact) mass is 249 g/mol. The van der Waals surface area contributed by atoms with Crippen LogP contribution in [0.4, 0.5) is 0 Å². The number of ether oxygens (including phenoxy) is 1. The fourth-order valence-electron chi connectivity index (χ4n) is 1.77. The summed E-state index contributed by atoms with van der Waals surface area (Å²) < 4.78 is 5.10. The maximum atomic E-state index is 7.28. The van der Waals surface area contributed by atoms with Crippen molar-refractivity contribution >= 4 is 5.84 Å². The molecule has 3 N–H and O–H groups in total. The highest BCUT2D eigenvalue weighted by Crippen LogP contribution is 2.02. The summed E-state index contributed by atoms with van der Waals surface area (Å²) in [6.45, 7) is 3.40. The molecule has 0 aromatic heterocycles. The molecular weight excluding hydrogens is 226 g/mol. The van der Waals surface area contributed by atoms with Gasteiger partial charge in [-0.2, -0.15) is 0 Å². The van der Waals surface area contributed by atoms with Gasteiger partial charge in [-0.15, -0.1) is 0 Å². The van der Waals surface area contributed by atoms with Gasteiger partial charge in [-0.1, -0.05) is 30.3 Å². The highest BCUT2D eigenvalue weighted by Gasteiger charge is 2.05. The summed E-state index contributed by atoms with van der Waals surface area (Å²) in [5.74, 6) is 0.247. The van der Waals surface area contributed by atoms with E-state index in [1.165, 1.54) is 5.56 Å². The van der Waals surface area contributed by atoms with Gasteiger partial charge in [-0.25, -0.2) is 0 Å². The molecule has 1 aromatic carbocycles.